The fraction of sp³-hybridized carbons (Fsp3) is 0.375. The van der Waals surface area contributed by atoms with Gasteiger partial charge in [-0.15, -0.1) is 0 Å². The number of aromatic nitrogens is 2. The molecule has 0 unspecified atom stereocenters. The van der Waals surface area contributed by atoms with Crippen LogP contribution in [0.5, 0.6) is 17.2 Å². The van der Waals surface area contributed by atoms with Gasteiger partial charge in [-0.2, -0.15) is 0 Å². The van der Waals surface area contributed by atoms with E-state index >= 15 is 0 Å². The summed E-state index contributed by atoms with van der Waals surface area (Å²) in [6.07, 6.45) is 2.68. The molecule has 0 atom stereocenters. The zero-order valence-corrected chi connectivity index (χ0v) is 19.9. The summed E-state index contributed by atoms with van der Waals surface area (Å²) < 4.78 is 18.0. The van der Waals surface area contributed by atoms with Crippen molar-refractivity contribution in [2.24, 2.45) is 0 Å². The van der Waals surface area contributed by atoms with Crippen LogP contribution in [-0.4, -0.2) is 36.8 Å². The highest BCUT2D eigenvalue weighted by atomic mass is 32.1. The Hall–Kier alpha value is -3.33. The molecule has 9 heteroatoms. The number of hydrogen-bond acceptors (Lipinski definition) is 6. The number of carbonyl (C=O) groups excluding carboxylic acids is 1. The summed E-state index contributed by atoms with van der Waals surface area (Å²) in [5, 5.41) is 3.54. The molecule has 0 aliphatic heterocycles. The number of unbranched alkanes of at least 4 members (excludes halogenated alkanes) is 2. The van der Waals surface area contributed by atoms with Crippen LogP contribution in [-0.2, 0) is 17.9 Å². The van der Waals surface area contributed by atoms with Crippen LogP contribution in [0.2, 0.25) is 0 Å². The Morgan fingerprint density at radius 2 is 1.70 bits per heavy atom. The van der Waals surface area contributed by atoms with Crippen molar-refractivity contribution in [3.05, 3.63) is 57.1 Å². The molecule has 0 radical (unpaired) electrons. The van der Waals surface area contributed by atoms with E-state index in [1.807, 2.05) is 18.2 Å². The first-order valence-electron chi connectivity index (χ1n) is 10.8. The number of benzene rings is 2. The molecule has 33 heavy (non-hydrogen) atoms. The Balaban J connectivity index is 1.48. The molecule has 176 valence electrons. The Morgan fingerprint density at radius 1 is 1.00 bits per heavy atom. The lowest BCUT2D eigenvalue weighted by Crippen LogP contribution is -2.23. The van der Waals surface area contributed by atoms with E-state index in [0.717, 1.165) is 23.9 Å². The van der Waals surface area contributed by atoms with Gasteiger partial charge in [-0.05, 0) is 43.3 Å². The van der Waals surface area contributed by atoms with Crippen LogP contribution in [0.3, 0.4) is 0 Å². The third-order valence-electron chi connectivity index (χ3n) is 5.44. The summed E-state index contributed by atoms with van der Waals surface area (Å²) in [4.78, 5) is 28.1. The van der Waals surface area contributed by atoms with Gasteiger partial charge in [0.1, 0.15) is 5.75 Å². The highest BCUT2D eigenvalue weighted by molar-refractivity contribution is 7.71. The number of ether oxygens (including phenoxy) is 3. The molecule has 0 aliphatic carbocycles. The molecule has 0 aliphatic rings. The number of methoxy groups -OCH3 is 3. The van der Waals surface area contributed by atoms with Gasteiger partial charge in [0.25, 0.3) is 5.56 Å². The van der Waals surface area contributed by atoms with Crippen molar-refractivity contribution in [3.8, 4) is 17.2 Å². The first-order chi connectivity index (χ1) is 16.0. The van der Waals surface area contributed by atoms with Gasteiger partial charge in [0.05, 0.1) is 32.2 Å². The van der Waals surface area contributed by atoms with Gasteiger partial charge in [0, 0.05) is 31.1 Å². The third kappa shape index (κ3) is 5.92. The van der Waals surface area contributed by atoms with E-state index < -0.39 is 0 Å². The molecule has 2 N–H and O–H groups in total. The number of nitrogens with zero attached hydrogens (tertiary/aromatic N) is 1. The molecule has 3 rings (SSSR count). The van der Waals surface area contributed by atoms with Gasteiger partial charge in [0.2, 0.25) is 5.91 Å². The maximum atomic E-state index is 12.7. The van der Waals surface area contributed by atoms with Gasteiger partial charge in [-0.3, -0.25) is 14.2 Å². The van der Waals surface area contributed by atoms with Crippen LogP contribution in [0, 0.1) is 4.77 Å². The van der Waals surface area contributed by atoms with Crippen LogP contribution in [0.4, 0.5) is 0 Å². The van der Waals surface area contributed by atoms with E-state index in [0.29, 0.717) is 53.3 Å². The van der Waals surface area contributed by atoms with Crippen LogP contribution in [0.25, 0.3) is 10.9 Å². The summed E-state index contributed by atoms with van der Waals surface area (Å²) in [5.41, 5.74) is 1.45. The second-order valence-corrected chi connectivity index (χ2v) is 7.93. The molecule has 1 aromatic heterocycles. The standard InChI is InChI=1S/C24H29N3O5S/c1-30-19-14-21(32-3)20(31-2)13-16(19)15-25-22(28)11-5-4-8-12-27-23(29)17-9-6-7-10-18(17)26-24(27)33/h6-7,9-10,13-14H,4-5,8,11-12,15H2,1-3H3,(H,25,28)(H,26,33). The number of H-pyrrole nitrogens is 1. The second kappa shape index (κ2) is 11.5. The Kier molecular flexibility index (Phi) is 8.48. The second-order valence-electron chi connectivity index (χ2n) is 7.54. The van der Waals surface area contributed by atoms with Crippen LogP contribution in [0.15, 0.2) is 41.2 Å². The predicted molar refractivity (Wildman–Crippen MR) is 130 cm³/mol. The van der Waals surface area contributed by atoms with Crippen LogP contribution < -0.4 is 25.1 Å². The fourth-order valence-corrected chi connectivity index (χ4v) is 3.93. The molecule has 0 fully saturated rings. The average Bonchev–Trinajstić information content (AvgIpc) is 2.83. The molecule has 0 saturated heterocycles. The highest BCUT2D eigenvalue weighted by Crippen LogP contribution is 2.34. The minimum absolute atomic E-state index is 0.0491. The summed E-state index contributed by atoms with van der Waals surface area (Å²) in [5.74, 6) is 1.71. The van der Waals surface area contributed by atoms with Crippen LogP contribution in [0.1, 0.15) is 31.2 Å². The Bertz CT molecular complexity index is 1230. The number of nitrogens with one attached hydrogen (secondary N) is 2. The zero-order chi connectivity index (χ0) is 23.8. The molecule has 1 amide bonds. The minimum Gasteiger partial charge on any atom is -0.496 e. The van der Waals surface area contributed by atoms with E-state index in [4.69, 9.17) is 26.4 Å². The highest BCUT2D eigenvalue weighted by Gasteiger charge is 2.13. The topological polar surface area (TPSA) is 94.6 Å². The number of amides is 1. The van der Waals surface area contributed by atoms with Gasteiger partial charge in [-0.1, -0.05) is 18.6 Å². The van der Waals surface area contributed by atoms with E-state index in [1.54, 1.807) is 44.1 Å². The molecule has 2 aromatic carbocycles. The lowest BCUT2D eigenvalue weighted by molar-refractivity contribution is -0.121. The zero-order valence-electron chi connectivity index (χ0n) is 19.1. The molecule has 0 spiro atoms. The summed E-state index contributed by atoms with van der Waals surface area (Å²) >= 11 is 5.34. The Morgan fingerprint density at radius 3 is 2.42 bits per heavy atom. The van der Waals surface area contributed by atoms with E-state index in [-0.39, 0.29) is 11.5 Å². The molecular formula is C24H29N3O5S. The van der Waals surface area contributed by atoms with Gasteiger partial charge >= 0.3 is 0 Å². The van der Waals surface area contributed by atoms with Gasteiger partial charge < -0.3 is 24.5 Å². The first-order valence-corrected chi connectivity index (χ1v) is 11.2. The predicted octanol–water partition coefficient (Wildman–Crippen LogP) is 3.96. The van der Waals surface area contributed by atoms with Gasteiger partial charge in [0.15, 0.2) is 16.3 Å². The first kappa shape index (κ1) is 24.3. The largest absolute Gasteiger partial charge is 0.496 e. The fourth-order valence-electron chi connectivity index (χ4n) is 3.65. The number of fused-ring (bicyclic) bond motifs is 1. The molecule has 0 saturated carbocycles. The Labute approximate surface area is 197 Å². The number of hydrogen-bond donors (Lipinski definition) is 2. The average molecular weight is 472 g/mol. The van der Waals surface area contributed by atoms with Crippen molar-refractivity contribution < 1.29 is 19.0 Å². The van der Waals surface area contributed by atoms with Crippen molar-refractivity contribution in [2.75, 3.05) is 21.3 Å². The van der Waals surface area contributed by atoms with E-state index in [1.165, 1.54) is 0 Å². The normalized spacial score (nSPS) is 10.8. The van der Waals surface area contributed by atoms with Crippen molar-refractivity contribution in [1.82, 2.24) is 14.9 Å². The molecule has 1 heterocycles. The summed E-state index contributed by atoms with van der Waals surface area (Å²) in [7, 11) is 4.69. The van der Waals surface area contributed by atoms with Crippen molar-refractivity contribution >= 4 is 29.0 Å². The van der Waals surface area contributed by atoms with E-state index in [9.17, 15) is 9.59 Å². The quantitative estimate of drug-likeness (QED) is 0.325. The van der Waals surface area contributed by atoms with Crippen molar-refractivity contribution in [1.29, 1.82) is 0 Å². The summed E-state index contributed by atoms with van der Waals surface area (Å²) in [6.45, 7) is 0.841. The maximum Gasteiger partial charge on any atom is 0.262 e. The number of carbonyl (C=O) groups is 1. The number of para-hydroxylation sites is 1. The van der Waals surface area contributed by atoms with Gasteiger partial charge in [-0.25, -0.2) is 0 Å². The monoisotopic (exact) mass is 471 g/mol. The lowest BCUT2D eigenvalue weighted by Gasteiger charge is -2.14. The minimum atomic E-state index is -0.0871. The number of aromatic amines is 1. The molecule has 3 aromatic rings. The smallest absolute Gasteiger partial charge is 0.262 e. The summed E-state index contributed by atoms with van der Waals surface area (Å²) in [6, 6.07) is 10.9. The van der Waals surface area contributed by atoms with E-state index in [2.05, 4.69) is 10.3 Å². The third-order valence-corrected chi connectivity index (χ3v) is 5.76. The van der Waals surface area contributed by atoms with Crippen molar-refractivity contribution in [3.63, 3.8) is 0 Å². The molecule has 8 nitrogen and oxygen atoms in total. The SMILES string of the molecule is COc1cc(OC)c(OC)cc1CNC(=O)CCCCCn1c(=S)[nH]c2ccccc2c1=O. The number of rotatable bonds is 11. The maximum absolute atomic E-state index is 12.7. The molecular weight excluding hydrogens is 442 g/mol. The lowest BCUT2D eigenvalue weighted by atomic mass is 10.1. The molecule has 0 bridgehead atoms. The van der Waals surface area contributed by atoms with Crippen LogP contribution >= 0.6 is 12.2 Å². The van der Waals surface area contributed by atoms with Crippen molar-refractivity contribution in [2.45, 2.75) is 38.8 Å².